The van der Waals surface area contributed by atoms with Crippen LogP contribution in [0.25, 0.3) is 0 Å². The fourth-order valence-electron chi connectivity index (χ4n) is 2.09. The molecule has 1 aromatic rings. The zero-order valence-electron chi connectivity index (χ0n) is 11.4. The zero-order chi connectivity index (χ0) is 15.7. The number of hydrogen-bond acceptors (Lipinski definition) is 5. The number of hydrogen-bond donors (Lipinski definition) is 1. The topological polar surface area (TPSA) is 89.5 Å². The highest BCUT2D eigenvalue weighted by Gasteiger charge is 2.31. The monoisotopic (exact) mass is 337 g/mol. The van der Waals surface area contributed by atoms with E-state index in [1.54, 1.807) is 0 Å². The third-order valence-corrected chi connectivity index (χ3v) is 5.60. The molecule has 0 aliphatic carbocycles. The van der Waals surface area contributed by atoms with Crippen molar-refractivity contribution in [2.24, 2.45) is 0 Å². The van der Waals surface area contributed by atoms with Crippen LogP contribution in [0.15, 0.2) is 34.1 Å². The average Bonchev–Trinajstić information content (AvgIpc) is 2.84. The van der Waals surface area contributed by atoms with Gasteiger partial charge >= 0.3 is 10.2 Å². The summed E-state index contributed by atoms with van der Waals surface area (Å²) in [5.41, 5.74) is -0.532. The number of nitrogens with one attached hydrogen (secondary N) is 1. The number of sulfonamides is 1. The fraction of sp³-hybridized carbons (Fsp3) is 0.500. The maximum Gasteiger partial charge on any atom is 0.332 e. The molecule has 0 aromatic heterocycles. The van der Waals surface area contributed by atoms with E-state index in [0.717, 1.165) is 37.1 Å². The van der Waals surface area contributed by atoms with Gasteiger partial charge in [-0.2, -0.15) is 8.42 Å². The van der Waals surface area contributed by atoms with Crippen molar-refractivity contribution in [2.45, 2.75) is 35.2 Å². The van der Waals surface area contributed by atoms with Crippen molar-refractivity contribution in [2.75, 3.05) is 13.2 Å². The Kier molecular flexibility index (Phi) is 4.39. The maximum absolute atomic E-state index is 12.7. The summed E-state index contributed by atoms with van der Waals surface area (Å²) in [5, 5.41) is 0. The summed E-state index contributed by atoms with van der Waals surface area (Å²) in [4.78, 5) is -0.705. The molecule has 1 unspecified atom stereocenters. The van der Waals surface area contributed by atoms with Crippen LogP contribution >= 0.6 is 0 Å². The summed E-state index contributed by atoms with van der Waals surface area (Å²) in [5.74, 6) is 0. The molecular formula is C12H16FNO5S2. The summed E-state index contributed by atoms with van der Waals surface area (Å²) in [6.45, 7) is 2.54. The van der Waals surface area contributed by atoms with Crippen molar-refractivity contribution in [3.05, 3.63) is 24.3 Å². The standard InChI is InChI=1S/C12H16FNO5S2/c1-12(7-2-8-19-12)9-14-21(17,18)11-5-3-10(4-6-11)20(13,15)16/h3-6,14H,2,7-9H2,1H3. The molecule has 1 aliphatic heterocycles. The smallest absolute Gasteiger partial charge is 0.332 e. The molecule has 118 valence electrons. The highest BCUT2D eigenvalue weighted by atomic mass is 32.3. The lowest BCUT2D eigenvalue weighted by Crippen LogP contribution is -2.40. The van der Waals surface area contributed by atoms with E-state index in [1.807, 2.05) is 6.92 Å². The molecule has 1 fully saturated rings. The van der Waals surface area contributed by atoms with E-state index in [1.165, 1.54) is 0 Å². The average molecular weight is 337 g/mol. The molecule has 0 spiro atoms. The molecule has 2 rings (SSSR count). The normalized spacial score (nSPS) is 23.3. The summed E-state index contributed by atoms with van der Waals surface area (Å²) >= 11 is 0. The highest BCUT2D eigenvalue weighted by molar-refractivity contribution is 7.89. The molecule has 0 saturated carbocycles. The second-order valence-electron chi connectivity index (χ2n) is 5.14. The Morgan fingerprint density at radius 1 is 1.19 bits per heavy atom. The molecule has 1 N–H and O–H groups in total. The second-order valence-corrected chi connectivity index (χ2v) is 8.25. The van der Waals surface area contributed by atoms with Crippen LogP contribution in [0, 0.1) is 0 Å². The van der Waals surface area contributed by atoms with Crippen molar-refractivity contribution in [1.29, 1.82) is 0 Å². The van der Waals surface area contributed by atoms with E-state index >= 15 is 0 Å². The van der Waals surface area contributed by atoms with Gasteiger partial charge in [0, 0.05) is 13.2 Å². The van der Waals surface area contributed by atoms with Crippen LogP contribution in [0.3, 0.4) is 0 Å². The fourth-order valence-corrected chi connectivity index (χ4v) is 3.71. The largest absolute Gasteiger partial charge is 0.374 e. The van der Waals surface area contributed by atoms with Crippen molar-refractivity contribution in [1.82, 2.24) is 4.72 Å². The molecule has 1 saturated heterocycles. The predicted molar refractivity (Wildman–Crippen MR) is 73.5 cm³/mol. The molecule has 9 heteroatoms. The third-order valence-electron chi connectivity index (χ3n) is 3.35. The minimum atomic E-state index is -4.84. The first-order valence-corrected chi connectivity index (χ1v) is 9.17. The minimum absolute atomic E-state index is 0.124. The van der Waals surface area contributed by atoms with Gasteiger partial charge in [-0.3, -0.25) is 0 Å². The van der Waals surface area contributed by atoms with Gasteiger partial charge in [-0.15, -0.1) is 3.89 Å². The minimum Gasteiger partial charge on any atom is -0.374 e. The van der Waals surface area contributed by atoms with Crippen molar-refractivity contribution >= 4 is 20.2 Å². The van der Waals surface area contributed by atoms with Crippen molar-refractivity contribution in [3.63, 3.8) is 0 Å². The Morgan fingerprint density at radius 2 is 1.76 bits per heavy atom. The van der Waals surface area contributed by atoms with Gasteiger partial charge in [-0.05, 0) is 44.0 Å². The van der Waals surface area contributed by atoms with Gasteiger partial charge in [-0.25, -0.2) is 13.1 Å². The lowest BCUT2D eigenvalue weighted by molar-refractivity contribution is 0.0250. The Morgan fingerprint density at radius 3 is 2.24 bits per heavy atom. The van der Waals surface area contributed by atoms with Gasteiger partial charge in [0.25, 0.3) is 0 Å². The van der Waals surface area contributed by atoms with Crippen LogP contribution in [0.5, 0.6) is 0 Å². The van der Waals surface area contributed by atoms with Crippen LogP contribution in [-0.2, 0) is 25.0 Å². The predicted octanol–water partition coefficient (Wildman–Crippen LogP) is 1.19. The van der Waals surface area contributed by atoms with E-state index < -0.39 is 30.7 Å². The quantitative estimate of drug-likeness (QED) is 0.815. The molecule has 1 aliphatic rings. The lowest BCUT2D eigenvalue weighted by atomic mass is 10.0. The number of rotatable bonds is 5. The second kappa shape index (κ2) is 5.64. The molecule has 1 heterocycles. The first kappa shape index (κ1) is 16.3. The first-order valence-electron chi connectivity index (χ1n) is 6.31. The van der Waals surface area contributed by atoms with E-state index in [2.05, 4.69) is 4.72 Å². The van der Waals surface area contributed by atoms with Gasteiger partial charge in [-0.1, -0.05) is 0 Å². The molecular weight excluding hydrogens is 321 g/mol. The summed E-state index contributed by atoms with van der Waals surface area (Å²) in [7, 11) is -8.63. The highest BCUT2D eigenvalue weighted by Crippen LogP contribution is 2.24. The Bertz CT molecular complexity index is 707. The van der Waals surface area contributed by atoms with E-state index in [0.29, 0.717) is 6.61 Å². The number of ether oxygens (including phenoxy) is 1. The number of halogens is 1. The molecule has 1 aromatic carbocycles. The Hall–Kier alpha value is -1.03. The molecule has 21 heavy (non-hydrogen) atoms. The molecule has 0 radical (unpaired) electrons. The SMILES string of the molecule is CC1(CNS(=O)(=O)c2ccc(S(=O)(=O)F)cc2)CCCO1. The van der Waals surface area contributed by atoms with Crippen LogP contribution in [-0.4, -0.2) is 35.6 Å². The van der Waals surface area contributed by atoms with Gasteiger partial charge in [0.1, 0.15) is 0 Å². The van der Waals surface area contributed by atoms with E-state index in [4.69, 9.17) is 4.74 Å². The summed E-state index contributed by atoms with van der Waals surface area (Å²) < 4.78 is 66.2. The van der Waals surface area contributed by atoms with Gasteiger partial charge < -0.3 is 4.74 Å². The molecule has 0 bridgehead atoms. The van der Waals surface area contributed by atoms with Gasteiger partial charge in [0.2, 0.25) is 10.0 Å². The lowest BCUT2D eigenvalue weighted by Gasteiger charge is -2.23. The Labute approximate surface area is 123 Å². The van der Waals surface area contributed by atoms with Crippen molar-refractivity contribution in [3.8, 4) is 0 Å². The van der Waals surface area contributed by atoms with E-state index in [9.17, 15) is 20.7 Å². The van der Waals surface area contributed by atoms with E-state index in [-0.39, 0.29) is 11.4 Å². The van der Waals surface area contributed by atoms with Crippen LogP contribution < -0.4 is 4.72 Å². The van der Waals surface area contributed by atoms with Crippen molar-refractivity contribution < 1.29 is 25.5 Å². The maximum atomic E-state index is 12.7. The molecule has 1 atom stereocenters. The van der Waals surface area contributed by atoms with Crippen LogP contribution in [0.4, 0.5) is 3.89 Å². The van der Waals surface area contributed by atoms with Crippen LogP contribution in [0.2, 0.25) is 0 Å². The summed E-state index contributed by atoms with van der Waals surface area (Å²) in [6, 6.07) is 3.93. The molecule has 0 amide bonds. The first-order chi connectivity index (χ1) is 9.62. The zero-order valence-corrected chi connectivity index (χ0v) is 13.0. The van der Waals surface area contributed by atoms with Crippen LogP contribution in [0.1, 0.15) is 19.8 Å². The van der Waals surface area contributed by atoms with Gasteiger partial charge in [0.15, 0.2) is 0 Å². The summed E-state index contributed by atoms with van der Waals surface area (Å²) in [6.07, 6.45) is 1.63. The Balaban J connectivity index is 2.12. The molecule has 6 nitrogen and oxygen atoms in total. The third kappa shape index (κ3) is 4.00. The number of benzene rings is 1. The van der Waals surface area contributed by atoms with Gasteiger partial charge in [0.05, 0.1) is 15.4 Å².